The van der Waals surface area contributed by atoms with E-state index in [2.05, 4.69) is 0 Å². The molecule has 0 radical (unpaired) electrons. The fraction of sp³-hybridized carbons (Fsp3) is 1.00. The summed E-state index contributed by atoms with van der Waals surface area (Å²) in [6.07, 6.45) is 0. The Bertz CT molecular complexity index is 12.9. The molecule has 0 aromatic carbocycles. The molecule has 0 amide bonds. The topological polar surface area (TPSA) is 20.2 Å². The minimum absolute atomic E-state index is 0. The van der Waals surface area contributed by atoms with Crippen molar-refractivity contribution < 1.29 is 42.3 Å². The van der Waals surface area contributed by atoms with Gasteiger partial charge in [0.15, 0.2) is 0 Å². The van der Waals surface area contributed by atoms with Gasteiger partial charge in [0.25, 0.3) is 0 Å². The number of rotatable bonds is 0. The molecule has 0 fully saturated rings. The molecule has 7 heavy (non-hydrogen) atoms. The zero-order chi connectivity index (χ0) is 2.71. The molecule has 0 heterocycles. The predicted octanol–water partition coefficient (Wildman–Crippen LogP) is -9.37. The van der Waals surface area contributed by atoms with Gasteiger partial charge in [0, 0.05) is 6.61 Å². The SMILES string of the molecule is CCO.[Cl-].[Cl-].[Cl-].[In+3]. The summed E-state index contributed by atoms with van der Waals surface area (Å²) in [6.45, 7) is 1.93. The molecule has 1 nitrogen and oxygen atoms in total. The molecular formula is C2H6Cl3InO. The van der Waals surface area contributed by atoms with E-state index in [1.165, 1.54) is 0 Å². The quantitative estimate of drug-likeness (QED) is 0.462. The summed E-state index contributed by atoms with van der Waals surface area (Å²) in [4.78, 5) is 0. The van der Waals surface area contributed by atoms with Crippen LogP contribution in [0.1, 0.15) is 6.92 Å². The molecule has 0 saturated carbocycles. The van der Waals surface area contributed by atoms with Gasteiger partial charge in [-0.3, -0.25) is 0 Å². The maximum Gasteiger partial charge on any atom is 3.00 e. The summed E-state index contributed by atoms with van der Waals surface area (Å²) in [5.74, 6) is 0. The van der Waals surface area contributed by atoms with Crippen molar-refractivity contribution in [2.45, 2.75) is 6.92 Å². The molecule has 0 aromatic heterocycles. The van der Waals surface area contributed by atoms with E-state index in [9.17, 15) is 0 Å². The summed E-state index contributed by atoms with van der Waals surface area (Å²) in [7, 11) is 0. The summed E-state index contributed by atoms with van der Waals surface area (Å²) in [6, 6.07) is 0. The molecule has 0 aliphatic carbocycles. The Morgan fingerprint density at radius 3 is 1.14 bits per heavy atom. The van der Waals surface area contributed by atoms with Crippen molar-refractivity contribution in [2.75, 3.05) is 6.61 Å². The Morgan fingerprint density at radius 1 is 1.14 bits per heavy atom. The van der Waals surface area contributed by atoms with Crippen molar-refractivity contribution in [2.24, 2.45) is 0 Å². The minimum Gasteiger partial charge on any atom is -1.00 e. The van der Waals surface area contributed by atoms with E-state index in [0.717, 1.165) is 0 Å². The average Bonchev–Trinajstić information content (AvgIpc) is 0.918. The van der Waals surface area contributed by atoms with E-state index in [1.54, 1.807) is 6.92 Å². The zero-order valence-corrected chi connectivity index (χ0v) is 9.43. The number of halogens is 3. The van der Waals surface area contributed by atoms with Gasteiger partial charge in [-0.15, -0.1) is 0 Å². The van der Waals surface area contributed by atoms with Crippen LogP contribution in [0.25, 0.3) is 0 Å². The molecule has 1 N–H and O–H groups in total. The van der Waals surface area contributed by atoms with Crippen LogP contribution >= 0.6 is 0 Å². The van der Waals surface area contributed by atoms with E-state index in [1.807, 2.05) is 0 Å². The third-order valence-corrected chi connectivity index (χ3v) is 0. The zero-order valence-electron chi connectivity index (χ0n) is 3.87. The molecule has 0 aliphatic rings. The normalized spacial score (nSPS) is 2.57. The Balaban J connectivity index is -0.00000000333. The second kappa shape index (κ2) is 47.4. The molecular weight excluding hydrogens is 261 g/mol. The van der Waals surface area contributed by atoms with Crippen LogP contribution in [0.5, 0.6) is 0 Å². The van der Waals surface area contributed by atoms with Crippen LogP contribution in [0.15, 0.2) is 0 Å². The van der Waals surface area contributed by atoms with Gasteiger partial charge in [-0.25, -0.2) is 0 Å². The first-order valence-electron chi connectivity index (χ1n) is 1.02. The van der Waals surface area contributed by atoms with Crippen molar-refractivity contribution >= 4 is 25.8 Å². The van der Waals surface area contributed by atoms with Crippen molar-refractivity contribution in [3.05, 3.63) is 0 Å². The van der Waals surface area contributed by atoms with Gasteiger partial charge < -0.3 is 42.3 Å². The summed E-state index contributed by atoms with van der Waals surface area (Å²) in [5, 5.41) is 7.57. The second-order valence-corrected chi connectivity index (χ2v) is 0.316. The Labute approximate surface area is 81.3 Å². The van der Waals surface area contributed by atoms with Gasteiger partial charge in [0.2, 0.25) is 0 Å². The van der Waals surface area contributed by atoms with Crippen molar-refractivity contribution in [3.8, 4) is 0 Å². The summed E-state index contributed by atoms with van der Waals surface area (Å²) in [5.41, 5.74) is 0. The first-order valence-corrected chi connectivity index (χ1v) is 1.02. The first kappa shape index (κ1) is 37.7. The maximum absolute atomic E-state index is 7.57. The van der Waals surface area contributed by atoms with Crippen LogP contribution in [0.3, 0.4) is 0 Å². The van der Waals surface area contributed by atoms with Gasteiger partial charge in [-0.2, -0.15) is 0 Å². The maximum atomic E-state index is 7.57. The average molecular weight is 267 g/mol. The Morgan fingerprint density at radius 2 is 1.14 bits per heavy atom. The fourth-order valence-corrected chi connectivity index (χ4v) is 0. The first-order chi connectivity index (χ1) is 1.41. The van der Waals surface area contributed by atoms with Crippen LogP contribution in [-0.2, 0) is 0 Å². The number of aliphatic hydroxyl groups excluding tert-OH is 1. The van der Waals surface area contributed by atoms with E-state index in [4.69, 9.17) is 5.11 Å². The molecule has 0 aromatic rings. The molecule has 5 heteroatoms. The van der Waals surface area contributed by atoms with Gasteiger partial charge >= 0.3 is 25.8 Å². The third kappa shape index (κ3) is 86.6. The molecule has 0 bridgehead atoms. The molecule has 0 saturated heterocycles. The molecule has 0 rings (SSSR count). The van der Waals surface area contributed by atoms with Crippen molar-refractivity contribution in [1.82, 2.24) is 0 Å². The second-order valence-electron chi connectivity index (χ2n) is 0.316. The minimum atomic E-state index is 0. The van der Waals surface area contributed by atoms with Crippen LogP contribution < -0.4 is 37.2 Å². The van der Waals surface area contributed by atoms with Gasteiger partial charge in [-0.05, 0) is 6.92 Å². The molecule has 0 unspecified atom stereocenters. The largest absolute Gasteiger partial charge is 3.00 e. The van der Waals surface area contributed by atoms with E-state index in [-0.39, 0.29) is 69.7 Å². The summed E-state index contributed by atoms with van der Waals surface area (Å²) >= 11 is 0. The number of hydrogen-bond acceptors (Lipinski definition) is 1. The Hall–Kier alpha value is 1.70. The van der Waals surface area contributed by atoms with E-state index in [0.29, 0.717) is 0 Å². The van der Waals surface area contributed by atoms with Crippen molar-refractivity contribution in [1.29, 1.82) is 0 Å². The predicted molar refractivity (Wildman–Crippen MR) is 18.5 cm³/mol. The molecule has 0 aliphatic heterocycles. The Kier molecular flexibility index (Phi) is 255. The third-order valence-electron chi connectivity index (χ3n) is 0. The van der Waals surface area contributed by atoms with Crippen LogP contribution in [0.4, 0.5) is 0 Å². The number of hydrogen-bond donors (Lipinski definition) is 1. The van der Waals surface area contributed by atoms with Gasteiger partial charge in [-0.1, -0.05) is 0 Å². The standard InChI is InChI=1S/C2H6O.3ClH.In/c1-2-3;;;;/h3H,2H2,1H3;3*1H;/q;;;;+3/p-3. The van der Waals surface area contributed by atoms with Crippen LogP contribution in [-0.4, -0.2) is 37.6 Å². The van der Waals surface area contributed by atoms with E-state index >= 15 is 0 Å². The van der Waals surface area contributed by atoms with Gasteiger partial charge in [0.05, 0.1) is 0 Å². The van der Waals surface area contributed by atoms with Gasteiger partial charge in [0.1, 0.15) is 0 Å². The monoisotopic (exact) mass is 266 g/mol. The molecule has 0 spiro atoms. The van der Waals surface area contributed by atoms with E-state index < -0.39 is 0 Å². The van der Waals surface area contributed by atoms with Crippen LogP contribution in [0.2, 0.25) is 0 Å². The smallest absolute Gasteiger partial charge is 1.00 e. The number of aliphatic hydroxyl groups is 1. The van der Waals surface area contributed by atoms with Crippen molar-refractivity contribution in [3.63, 3.8) is 0 Å². The molecule has 44 valence electrons. The fourth-order valence-electron chi connectivity index (χ4n) is 0. The summed E-state index contributed by atoms with van der Waals surface area (Å²) < 4.78 is 0. The molecule has 0 atom stereocenters. The van der Waals surface area contributed by atoms with Crippen LogP contribution in [0, 0.1) is 0 Å².